The van der Waals surface area contributed by atoms with E-state index < -0.39 is 12.0 Å². The number of rotatable bonds is 1. The van der Waals surface area contributed by atoms with E-state index in [4.69, 9.17) is 0 Å². The Balaban J connectivity index is 4.03. The van der Waals surface area contributed by atoms with E-state index in [9.17, 15) is 13.2 Å². The van der Waals surface area contributed by atoms with Crippen LogP contribution >= 0.6 is 0 Å². The number of hydrazone groups is 1. The third-order valence-electron chi connectivity index (χ3n) is 0.523. The molecule has 0 rings (SSSR count). The van der Waals surface area contributed by atoms with Gasteiger partial charge in [-0.15, -0.1) is 0 Å². The normalized spacial score (nSPS) is 13.6. The zero-order chi connectivity index (χ0) is 7.49. The summed E-state index contributed by atoms with van der Waals surface area (Å²) in [4.78, 5) is 0. The van der Waals surface area contributed by atoms with Gasteiger partial charge in [0.05, 0.1) is 0 Å². The molecule has 0 aromatic rings. The maximum atomic E-state index is 11.3. The summed E-state index contributed by atoms with van der Waals surface area (Å²) in [5.74, 6) is -1.37. The first-order valence-corrected chi connectivity index (χ1v) is 2.05. The van der Waals surface area contributed by atoms with E-state index >= 15 is 0 Å². The minimum Gasteiger partial charge on any atom is -0.378 e. The Kier molecular flexibility index (Phi) is 2.29. The Morgan fingerprint density at radius 1 is 1.56 bits per heavy atom. The fourth-order valence-electron chi connectivity index (χ4n) is 0.184. The maximum absolute atomic E-state index is 11.3. The summed E-state index contributed by atoms with van der Waals surface area (Å²) >= 11 is 0. The molecule has 0 aliphatic rings. The van der Waals surface area contributed by atoms with Crippen LogP contribution in [-0.2, 0) is 0 Å². The SMILES string of the molecule is CN/N=C(\N)C(F)(F)F. The summed E-state index contributed by atoms with van der Waals surface area (Å²) in [5.41, 5.74) is 6.34. The predicted octanol–water partition coefficient (Wildman–Crippen LogP) is 0.0403. The highest BCUT2D eigenvalue weighted by Gasteiger charge is 2.33. The van der Waals surface area contributed by atoms with Gasteiger partial charge in [0.25, 0.3) is 0 Å². The van der Waals surface area contributed by atoms with Gasteiger partial charge in [-0.2, -0.15) is 18.3 Å². The van der Waals surface area contributed by atoms with Crippen LogP contribution in [0.25, 0.3) is 0 Å². The lowest BCUT2D eigenvalue weighted by atomic mass is 10.6. The number of hydrogen-bond donors (Lipinski definition) is 2. The first-order chi connectivity index (χ1) is 3.98. The second-order valence-corrected chi connectivity index (χ2v) is 1.22. The molecule has 0 heterocycles. The van der Waals surface area contributed by atoms with Crippen LogP contribution < -0.4 is 11.2 Å². The molecule has 0 saturated heterocycles. The molecule has 0 aromatic carbocycles. The van der Waals surface area contributed by atoms with Gasteiger partial charge < -0.3 is 11.2 Å². The fraction of sp³-hybridized carbons (Fsp3) is 0.667. The third kappa shape index (κ3) is 2.78. The predicted molar refractivity (Wildman–Crippen MR) is 26.7 cm³/mol. The fourth-order valence-corrected chi connectivity index (χ4v) is 0.184. The number of nitrogens with two attached hydrogens (primary N) is 1. The highest BCUT2D eigenvalue weighted by atomic mass is 19.4. The van der Waals surface area contributed by atoms with E-state index in [1.807, 2.05) is 5.43 Å². The summed E-state index contributed by atoms with van der Waals surface area (Å²) in [5, 5.41) is 2.72. The monoisotopic (exact) mass is 141 g/mol. The standard InChI is InChI=1S/C3H6F3N3/c1-8-9-2(7)3(4,5)6/h8H,1H3,(H2,7,9). The molecule has 0 aliphatic heterocycles. The largest absolute Gasteiger partial charge is 0.450 e. The second-order valence-electron chi connectivity index (χ2n) is 1.22. The van der Waals surface area contributed by atoms with Crippen LogP contribution in [0.15, 0.2) is 5.10 Å². The van der Waals surface area contributed by atoms with Gasteiger partial charge in [-0.25, -0.2) is 0 Å². The first-order valence-electron chi connectivity index (χ1n) is 2.05. The Hall–Kier alpha value is -0.940. The number of nitrogens with one attached hydrogen (secondary N) is 1. The summed E-state index contributed by atoms with van der Waals surface area (Å²) in [6.07, 6.45) is -4.52. The van der Waals surface area contributed by atoms with Gasteiger partial charge in [-0.3, -0.25) is 0 Å². The number of halogens is 3. The molecule has 0 fully saturated rings. The molecule has 6 heteroatoms. The molecule has 3 N–H and O–H groups in total. The van der Waals surface area contributed by atoms with Gasteiger partial charge in [0, 0.05) is 7.05 Å². The molecule has 9 heavy (non-hydrogen) atoms. The average Bonchev–Trinajstić information content (AvgIpc) is 1.64. The lowest BCUT2D eigenvalue weighted by Crippen LogP contribution is -2.32. The second kappa shape index (κ2) is 2.56. The molecule has 0 unspecified atom stereocenters. The van der Waals surface area contributed by atoms with Gasteiger partial charge in [0.1, 0.15) is 0 Å². The Bertz CT molecular complexity index is 116. The molecule has 0 amide bonds. The Morgan fingerprint density at radius 3 is 2.11 bits per heavy atom. The zero-order valence-corrected chi connectivity index (χ0v) is 4.66. The number of nitrogens with zero attached hydrogens (tertiary/aromatic N) is 1. The Morgan fingerprint density at radius 2 is 2.00 bits per heavy atom. The quantitative estimate of drug-likeness (QED) is 0.307. The van der Waals surface area contributed by atoms with Crippen molar-refractivity contribution in [2.75, 3.05) is 7.05 Å². The van der Waals surface area contributed by atoms with E-state index in [2.05, 4.69) is 10.8 Å². The lowest BCUT2D eigenvalue weighted by molar-refractivity contribution is -0.0602. The van der Waals surface area contributed by atoms with E-state index in [1.54, 1.807) is 0 Å². The summed E-state index contributed by atoms with van der Waals surface area (Å²) < 4.78 is 34.0. The van der Waals surface area contributed by atoms with Crippen molar-refractivity contribution >= 4 is 5.84 Å². The van der Waals surface area contributed by atoms with E-state index in [1.165, 1.54) is 7.05 Å². The maximum Gasteiger partial charge on any atom is 0.450 e. The van der Waals surface area contributed by atoms with Crippen molar-refractivity contribution in [1.29, 1.82) is 0 Å². The van der Waals surface area contributed by atoms with E-state index in [0.717, 1.165) is 0 Å². The van der Waals surface area contributed by atoms with Crippen LogP contribution in [0, 0.1) is 0 Å². The first kappa shape index (κ1) is 8.06. The van der Waals surface area contributed by atoms with Crippen molar-refractivity contribution in [2.45, 2.75) is 6.18 Å². The van der Waals surface area contributed by atoms with Crippen molar-refractivity contribution in [3.05, 3.63) is 0 Å². The van der Waals surface area contributed by atoms with Crippen LogP contribution in [0.4, 0.5) is 13.2 Å². The van der Waals surface area contributed by atoms with Crippen molar-refractivity contribution < 1.29 is 13.2 Å². The Labute approximate surface area is 49.7 Å². The van der Waals surface area contributed by atoms with Gasteiger partial charge in [0.15, 0.2) is 0 Å². The average molecular weight is 141 g/mol. The van der Waals surface area contributed by atoms with Crippen LogP contribution in [0.3, 0.4) is 0 Å². The molecule has 0 aromatic heterocycles. The van der Waals surface area contributed by atoms with Crippen molar-refractivity contribution in [3.63, 3.8) is 0 Å². The molecule has 3 nitrogen and oxygen atoms in total. The molecule has 0 radical (unpaired) electrons. The van der Waals surface area contributed by atoms with Crippen LogP contribution in [0.2, 0.25) is 0 Å². The van der Waals surface area contributed by atoms with E-state index in [0.29, 0.717) is 0 Å². The number of alkyl halides is 3. The molecular weight excluding hydrogens is 135 g/mol. The topological polar surface area (TPSA) is 50.4 Å². The van der Waals surface area contributed by atoms with Gasteiger partial charge in [0.2, 0.25) is 5.84 Å². The van der Waals surface area contributed by atoms with Crippen molar-refractivity contribution in [2.24, 2.45) is 10.8 Å². The van der Waals surface area contributed by atoms with Crippen molar-refractivity contribution in [1.82, 2.24) is 5.43 Å². The van der Waals surface area contributed by atoms with Crippen molar-refractivity contribution in [3.8, 4) is 0 Å². The summed E-state index contributed by atoms with van der Waals surface area (Å²) in [6, 6.07) is 0. The minimum atomic E-state index is -4.52. The number of hydrogen-bond acceptors (Lipinski definition) is 2. The molecule has 0 saturated carbocycles. The zero-order valence-electron chi connectivity index (χ0n) is 4.66. The van der Waals surface area contributed by atoms with Crippen LogP contribution in [0.1, 0.15) is 0 Å². The molecule has 0 atom stereocenters. The highest BCUT2D eigenvalue weighted by Crippen LogP contribution is 2.13. The molecule has 0 bridgehead atoms. The summed E-state index contributed by atoms with van der Waals surface area (Å²) in [7, 11) is 1.23. The molecular formula is C3H6F3N3. The smallest absolute Gasteiger partial charge is 0.378 e. The van der Waals surface area contributed by atoms with Gasteiger partial charge >= 0.3 is 6.18 Å². The van der Waals surface area contributed by atoms with Gasteiger partial charge in [-0.1, -0.05) is 0 Å². The lowest BCUT2D eigenvalue weighted by Gasteiger charge is -2.02. The van der Waals surface area contributed by atoms with Gasteiger partial charge in [-0.05, 0) is 0 Å². The van der Waals surface area contributed by atoms with Crippen LogP contribution in [-0.4, -0.2) is 19.1 Å². The highest BCUT2D eigenvalue weighted by molar-refractivity contribution is 5.85. The minimum absolute atomic E-state index is 1.23. The van der Waals surface area contributed by atoms with E-state index in [-0.39, 0.29) is 0 Å². The summed E-state index contributed by atoms with van der Waals surface area (Å²) in [6.45, 7) is 0. The molecule has 0 aliphatic carbocycles. The third-order valence-corrected chi connectivity index (χ3v) is 0.523. The molecule has 0 spiro atoms. The van der Waals surface area contributed by atoms with Crippen LogP contribution in [0.5, 0.6) is 0 Å². The number of amidine groups is 1. The molecule has 54 valence electrons.